The van der Waals surface area contributed by atoms with Gasteiger partial charge in [-0.05, 0) is 52.7 Å². The van der Waals surface area contributed by atoms with Crippen LogP contribution in [0.4, 0.5) is 4.39 Å². The van der Waals surface area contributed by atoms with Gasteiger partial charge >= 0.3 is 0 Å². The molecule has 0 saturated carbocycles. The fraction of sp³-hybridized carbons (Fsp3) is 0.455. The molecule has 2 aromatic rings. The molecule has 0 aliphatic carbocycles. The van der Waals surface area contributed by atoms with Crippen LogP contribution in [-0.2, 0) is 13.0 Å². The highest BCUT2D eigenvalue weighted by molar-refractivity contribution is 5.84. The van der Waals surface area contributed by atoms with Crippen LogP contribution in [0, 0.1) is 0 Å². The molecule has 1 aliphatic heterocycles. The third-order valence-corrected chi connectivity index (χ3v) is 4.42. The highest BCUT2D eigenvalue weighted by Crippen LogP contribution is 2.31. The number of nitrogens with zero attached hydrogens (tertiary/aromatic N) is 1. The summed E-state index contributed by atoms with van der Waals surface area (Å²) in [6.45, 7) is 14.4. The van der Waals surface area contributed by atoms with E-state index in [1.165, 1.54) is 27.7 Å². The van der Waals surface area contributed by atoms with Gasteiger partial charge in [-0.2, -0.15) is 0 Å². The Morgan fingerprint density at radius 1 is 1.36 bits per heavy atom. The van der Waals surface area contributed by atoms with Gasteiger partial charge in [-0.3, -0.25) is 4.90 Å². The number of rotatable bonds is 3. The minimum atomic E-state index is -1.14. The molecule has 3 heteroatoms. The van der Waals surface area contributed by atoms with E-state index in [2.05, 4.69) is 47.7 Å². The molecule has 2 nitrogen and oxygen atoms in total. The van der Waals surface area contributed by atoms with Crippen molar-refractivity contribution < 1.29 is 4.39 Å². The molecule has 0 saturated heterocycles. The van der Waals surface area contributed by atoms with E-state index in [0.29, 0.717) is 12.6 Å². The first-order valence-corrected chi connectivity index (χ1v) is 8.98. The summed E-state index contributed by atoms with van der Waals surface area (Å²) in [7, 11) is 0. The number of benzene rings is 1. The Kier molecular flexibility index (Phi) is 6.23. The van der Waals surface area contributed by atoms with Crippen LogP contribution >= 0.6 is 0 Å². The van der Waals surface area contributed by atoms with Crippen molar-refractivity contribution in [3.63, 3.8) is 0 Å². The predicted octanol–water partition coefficient (Wildman–Crippen LogP) is 5.80. The molecule has 1 unspecified atom stereocenters. The highest BCUT2D eigenvalue weighted by Gasteiger charge is 2.30. The van der Waals surface area contributed by atoms with Gasteiger partial charge in [-0.15, -0.1) is 0 Å². The summed E-state index contributed by atoms with van der Waals surface area (Å²) in [5.74, 6) is 0. The molecular formula is C22H31FN2. The van der Waals surface area contributed by atoms with E-state index >= 15 is 0 Å². The lowest BCUT2D eigenvalue weighted by Crippen LogP contribution is -2.44. The second-order valence-corrected chi connectivity index (χ2v) is 7.78. The minimum Gasteiger partial charge on any atom is -0.357 e. The summed E-state index contributed by atoms with van der Waals surface area (Å²) < 4.78 is 13.9. The van der Waals surface area contributed by atoms with Gasteiger partial charge in [-0.1, -0.05) is 42.5 Å². The molecule has 2 heterocycles. The average Bonchev–Trinajstić information content (AvgIpc) is 2.84. The minimum absolute atomic E-state index is 0.390. The van der Waals surface area contributed by atoms with Crippen molar-refractivity contribution in [2.24, 2.45) is 0 Å². The number of hydrogen-bond acceptors (Lipinski definition) is 1. The van der Waals surface area contributed by atoms with Crippen LogP contribution in [0.25, 0.3) is 10.9 Å². The summed E-state index contributed by atoms with van der Waals surface area (Å²) in [6, 6.07) is 8.81. The van der Waals surface area contributed by atoms with Gasteiger partial charge in [0.2, 0.25) is 0 Å². The molecule has 3 rings (SSSR count). The first-order valence-electron chi connectivity index (χ1n) is 8.98. The molecule has 1 atom stereocenters. The van der Waals surface area contributed by atoms with Crippen LogP contribution in [0.3, 0.4) is 0 Å². The largest absolute Gasteiger partial charge is 0.357 e. The van der Waals surface area contributed by atoms with Crippen molar-refractivity contribution in [2.45, 2.75) is 59.3 Å². The van der Waals surface area contributed by atoms with E-state index in [-0.39, 0.29) is 0 Å². The quantitative estimate of drug-likeness (QED) is 0.698. The van der Waals surface area contributed by atoms with Crippen LogP contribution in [-0.4, -0.2) is 28.1 Å². The van der Waals surface area contributed by atoms with Gasteiger partial charge in [0.15, 0.2) is 0 Å². The average molecular weight is 343 g/mol. The van der Waals surface area contributed by atoms with E-state index < -0.39 is 5.67 Å². The van der Waals surface area contributed by atoms with E-state index in [0.717, 1.165) is 13.0 Å². The standard InChI is InChI=1S/C16H21FN2.C6H10/c1-11-8-13-12-6-4-5-7-14(12)18-15(13)9-19(11)10-16(2,3)17;1-4-5-6(2)3/h4-7,11,18H,8-10H2,1-3H3;4-5H,1H2,2-3H3. The molecule has 25 heavy (non-hydrogen) atoms. The normalized spacial score (nSPS) is 17.4. The Morgan fingerprint density at radius 2 is 2.04 bits per heavy atom. The lowest BCUT2D eigenvalue weighted by molar-refractivity contribution is 0.0853. The Balaban J connectivity index is 0.000000326. The monoisotopic (exact) mass is 342 g/mol. The number of fused-ring (bicyclic) bond motifs is 3. The number of aromatic nitrogens is 1. The molecule has 1 aromatic carbocycles. The third kappa shape index (κ3) is 5.30. The summed E-state index contributed by atoms with van der Waals surface area (Å²) in [5, 5.41) is 1.32. The van der Waals surface area contributed by atoms with Crippen molar-refractivity contribution in [1.29, 1.82) is 0 Å². The molecule has 0 bridgehead atoms. The fourth-order valence-corrected chi connectivity index (χ4v) is 3.34. The summed E-state index contributed by atoms with van der Waals surface area (Å²) in [5.41, 5.74) is 4.02. The van der Waals surface area contributed by atoms with Gasteiger partial charge in [0.05, 0.1) is 0 Å². The van der Waals surface area contributed by atoms with Crippen LogP contribution in [0.15, 0.2) is 48.6 Å². The second-order valence-electron chi connectivity index (χ2n) is 7.78. The van der Waals surface area contributed by atoms with Crippen LogP contribution in [0.1, 0.15) is 45.9 Å². The molecule has 1 aliphatic rings. The molecule has 0 spiro atoms. The van der Waals surface area contributed by atoms with Crippen LogP contribution < -0.4 is 0 Å². The maximum absolute atomic E-state index is 13.9. The lowest BCUT2D eigenvalue weighted by Gasteiger charge is -2.36. The number of allylic oxidation sites excluding steroid dienone is 3. The number of alkyl halides is 1. The second kappa shape index (κ2) is 8.01. The van der Waals surface area contributed by atoms with E-state index in [1.807, 2.05) is 19.9 Å². The Bertz CT molecular complexity index is 745. The van der Waals surface area contributed by atoms with Gasteiger partial charge in [0.25, 0.3) is 0 Å². The Morgan fingerprint density at radius 3 is 2.60 bits per heavy atom. The number of H-pyrrole nitrogens is 1. The van der Waals surface area contributed by atoms with Crippen molar-refractivity contribution in [3.8, 4) is 0 Å². The number of halogens is 1. The van der Waals surface area contributed by atoms with Gasteiger partial charge in [-0.25, -0.2) is 4.39 Å². The lowest BCUT2D eigenvalue weighted by atomic mass is 9.96. The SMILES string of the molecule is C=CC=C(C)C.CC1Cc2c([nH]c3ccccc23)CN1CC(C)(C)F. The first kappa shape index (κ1) is 19.5. The van der Waals surface area contributed by atoms with Crippen LogP contribution in [0.5, 0.6) is 0 Å². The number of para-hydroxylation sites is 1. The zero-order valence-electron chi connectivity index (χ0n) is 16.2. The maximum atomic E-state index is 13.9. The van der Waals surface area contributed by atoms with Gasteiger partial charge < -0.3 is 4.98 Å². The highest BCUT2D eigenvalue weighted by atomic mass is 19.1. The van der Waals surface area contributed by atoms with E-state index in [4.69, 9.17) is 0 Å². The molecule has 0 amide bonds. The van der Waals surface area contributed by atoms with Crippen molar-refractivity contribution in [2.75, 3.05) is 6.54 Å². The third-order valence-electron chi connectivity index (χ3n) is 4.42. The van der Waals surface area contributed by atoms with Crippen molar-refractivity contribution in [3.05, 3.63) is 59.8 Å². The Labute approximate surface area is 151 Å². The topological polar surface area (TPSA) is 19.0 Å². The molecule has 0 fully saturated rings. The van der Waals surface area contributed by atoms with E-state index in [1.54, 1.807) is 19.9 Å². The molecule has 1 N–H and O–H groups in total. The molecule has 136 valence electrons. The van der Waals surface area contributed by atoms with Gasteiger partial charge in [0, 0.05) is 35.7 Å². The maximum Gasteiger partial charge on any atom is 0.118 e. The number of hydrogen-bond donors (Lipinski definition) is 1. The summed E-state index contributed by atoms with van der Waals surface area (Å²) in [6.07, 6.45) is 4.75. The molecule has 1 aromatic heterocycles. The summed E-state index contributed by atoms with van der Waals surface area (Å²) in [4.78, 5) is 5.72. The smallest absolute Gasteiger partial charge is 0.118 e. The Hall–Kier alpha value is -1.87. The first-order chi connectivity index (χ1) is 11.7. The zero-order valence-corrected chi connectivity index (χ0v) is 16.2. The zero-order chi connectivity index (χ0) is 18.6. The number of aromatic amines is 1. The molecule has 0 radical (unpaired) electrons. The van der Waals surface area contributed by atoms with Gasteiger partial charge in [0.1, 0.15) is 5.67 Å². The molecular weight excluding hydrogens is 311 g/mol. The van der Waals surface area contributed by atoms with Crippen molar-refractivity contribution in [1.82, 2.24) is 9.88 Å². The fourth-order valence-electron chi connectivity index (χ4n) is 3.34. The van der Waals surface area contributed by atoms with Crippen LogP contribution in [0.2, 0.25) is 0 Å². The van der Waals surface area contributed by atoms with Crippen molar-refractivity contribution >= 4 is 10.9 Å². The number of nitrogens with one attached hydrogen (secondary N) is 1. The van der Waals surface area contributed by atoms with E-state index in [9.17, 15) is 4.39 Å². The summed E-state index contributed by atoms with van der Waals surface area (Å²) >= 11 is 0. The predicted molar refractivity (Wildman–Crippen MR) is 107 cm³/mol.